The lowest BCUT2D eigenvalue weighted by Crippen LogP contribution is -2.23. The van der Waals surface area contributed by atoms with E-state index in [1.54, 1.807) is 12.1 Å². The number of rotatable bonds is 5. The number of hydrogen-bond acceptors (Lipinski definition) is 5. The van der Waals surface area contributed by atoms with Crippen LogP contribution in [0.3, 0.4) is 0 Å². The van der Waals surface area contributed by atoms with Gasteiger partial charge in [-0.15, -0.1) is 0 Å². The third-order valence-electron chi connectivity index (χ3n) is 4.29. The molecule has 0 radical (unpaired) electrons. The summed E-state index contributed by atoms with van der Waals surface area (Å²) in [6, 6.07) is 12.7. The minimum absolute atomic E-state index is 0.0327. The summed E-state index contributed by atoms with van der Waals surface area (Å²) >= 11 is 0. The Bertz CT molecular complexity index is 748. The second-order valence-electron chi connectivity index (χ2n) is 5.88. The van der Waals surface area contributed by atoms with Gasteiger partial charge < -0.3 is 9.47 Å². The Morgan fingerprint density at radius 1 is 1.21 bits per heavy atom. The van der Waals surface area contributed by atoms with Crippen molar-refractivity contribution in [3.05, 3.63) is 63.7 Å². The van der Waals surface area contributed by atoms with Crippen molar-refractivity contribution in [3.63, 3.8) is 0 Å². The van der Waals surface area contributed by atoms with Crippen molar-refractivity contribution >= 4 is 5.69 Å². The summed E-state index contributed by atoms with van der Waals surface area (Å²) in [7, 11) is 1.99. The van der Waals surface area contributed by atoms with Gasteiger partial charge in [-0.25, -0.2) is 0 Å². The van der Waals surface area contributed by atoms with E-state index in [0.717, 1.165) is 22.6 Å². The van der Waals surface area contributed by atoms with Crippen LogP contribution in [0.1, 0.15) is 24.1 Å². The molecule has 6 nitrogen and oxygen atoms in total. The molecule has 0 saturated heterocycles. The van der Waals surface area contributed by atoms with Gasteiger partial charge in [0.1, 0.15) is 13.2 Å². The number of benzene rings is 2. The van der Waals surface area contributed by atoms with Crippen molar-refractivity contribution in [1.82, 2.24) is 4.90 Å². The van der Waals surface area contributed by atoms with E-state index in [-0.39, 0.29) is 16.7 Å². The molecule has 0 aliphatic carbocycles. The molecular formula is C18H20N2O4. The number of non-ortho nitro benzene ring substituents is 1. The molecule has 2 aromatic rings. The Labute approximate surface area is 140 Å². The average Bonchev–Trinajstić information content (AvgIpc) is 2.61. The van der Waals surface area contributed by atoms with Crippen molar-refractivity contribution in [2.75, 3.05) is 20.3 Å². The smallest absolute Gasteiger partial charge is 0.269 e. The van der Waals surface area contributed by atoms with Gasteiger partial charge in [0.15, 0.2) is 11.5 Å². The van der Waals surface area contributed by atoms with Gasteiger partial charge in [-0.1, -0.05) is 24.3 Å². The van der Waals surface area contributed by atoms with E-state index in [4.69, 9.17) is 9.47 Å². The summed E-state index contributed by atoms with van der Waals surface area (Å²) in [5, 5.41) is 11.0. The number of ether oxygens (including phenoxy) is 2. The maximum atomic E-state index is 11.0. The molecule has 2 aromatic carbocycles. The lowest BCUT2D eigenvalue weighted by molar-refractivity contribution is -0.384. The predicted molar refractivity (Wildman–Crippen MR) is 90.4 cm³/mol. The van der Waals surface area contributed by atoms with Crippen molar-refractivity contribution in [1.29, 1.82) is 0 Å². The fourth-order valence-corrected chi connectivity index (χ4v) is 2.82. The van der Waals surface area contributed by atoms with Crippen LogP contribution in [0.2, 0.25) is 0 Å². The summed E-state index contributed by atoms with van der Waals surface area (Å²) < 4.78 is 11.4. The van der Waals surface area contributed by atoms with Crippen LogP contribution in [0, 0.1) is 10.1 Å². The molecule has 1 heterocycles. The third-order valence-corrected chi connectivity index (χ3v) is 4.29. The normalized spacial score (nSPS) is 14.5. The second kappa shape index (κ2) is 6.88. The number of nitrogens with zero attached hydrogens (tertiary/aromatic N) is 2. The van der Waals surface area contributed by atoms with Gasteiger partial charge in [-0.05, 0) is 25.6 Å². The van der Waals surface area contributed by atoms with E-state index < -0.39 is 0 Å². The van der Waals surface area contributed by atoms with Crippen LogP contribution in [0.15, 0.2) is 42.5 Å². The van der Waals surface area contributed by atoms with E-state index in [9.17, 15) is 10.1 Å². The molecule has 3 rings (SSSR count). The Hall–Kier alpha value is -2.60. The third kappa shape index (κ3) is 3.33. The molecule has 1 aliphatic rings. The molecule has 0 unspecified atom stereocenters. The van der Waals surface area contributed by atoms with Crippen LogP contribution in [0.5, 0.6) is 11.5 Å². The summed E-state index contributed by atoms with van der Waals surface area (Å²) in [4.78, 5) is 12.7. The highest BCUT2D eigenvalue weighted by Gasteiger charge is 2.20. The van der Waals surface area contributed by atoms with Crippen molar-refractivity contribution in [3.8, 4) is 11.5 Å². The monoisotopic (exact) mass is 328 g/mol. The van der Waals surface area contributed by atoms with E-state index in [0.29, 0.717) is 19.8 Å². The molecule has 0 aromatic heterocycles. The first-order valence-corrected chi connectivity index (χ1v) is 7.88. The van der Waals surface area contributed by atoms with Crippen LogP contribution < -0.4 is 9.47 Å². The van der Waals surface area contributed by atoms with Crippen molar-refractivity contribution in [2.45, 2.75) is 19.5 Å². The largest absolute Gasteiger partial charge is 0.486 e. The summed E-state index contributed by atoms with van der Waals surface area (Å²) in [6.07, 6.45) is 0. The first-order chi connectivity index (χ1) is 11.6. The molecule has 0 fully saturated rings. The fourth-order valence-electron chi connectivity index (χ4n) is 2.82. The summed E-state index contributed by atoms with van der Waals surface area (Å²) in [6.45, 7) is 3.81. The highest BCUT2D eigenvalue weighted by atomic mass is 16.6. The van der Waals surface area contributed by atoms with Gasteiger partial charge in [-0.2, -0.15) is 0 Å². The van der Waals surface area contributed by atoms with Crippen molar-refractivity contribution < 1.29 is 14.4 Å². The Kier molecular flexibility index (Phi) is 4.66. The van der Waals surface area contributed by atoms with E-state index in [1.807, 2.05) is 38.2 Å². The number of fused-ring (bicyclic) bond motifs is 1. The number of nitro benzene ring substituents is 1. The maximum absolute atomic E-state index is 11.0. The molecule has 6 heteroatoms. The molecule has 126 valence electrons. The predicted octanol–water partition coefficient (Wildman–Crippen LogP) is 3.56. The Morgan fingerprint density at radius 2 is 1.96 bits per heavy atom. The fraction of sp³-hybridized carbons (Fsp3) is 0.333. The van der Waals surface area contributed by atoms with Gasteiger partial charge in [0.25, 0.3) is 5.69 Å². The SMILES string of the molecule is C[C@H](c1cccc([N+](=O)[O-])c1)N(C)Cc1cccc2c1OCCO2. The molecular weight excluding hydrogens is 308 g/mol. The van der Waals surface area contributed by atoms with Gasteiger partial charge in [0.05, 0.1) is 4.92 Å². The zero-order valence-corrected chi connectivity index (χ0v) is 13.8. The van der Waals surface area contributed by atoms with E-state index >= 15 is 0 Å². The van der Waals surface area contributed by atoms with Crippen LogP contribution in [-0.4, -0.2) is 30.1 Å². The first kappa shape index (κ1) is 16.3. The standard InChI is InChI=1S/C18H20N2O4/c1-13(14-5-3-7-16(11-14)20(21)22)19(2)12-15-6-4-8-17-18(15)24-10-9-23-17/h3-8,11,13H,9-10,12H2,1-2H3/t13-/m1/s1. The molecule has 0 saturated carbocycles. The van der Waals surface area contributed by atoms with E-state index in [2.05, 4.69) is 4.90 Å². The topological polar surface area (TPSA) is 64.8 Å². The quantitative estimate of drug-likeness (QED) is 0.620. The van der Waals surface area contributed by atoms with Crippen LogP contribution in [0.25, 0.3) is 0 Å². The number of para-hydroxylation sites is 1. The highest BCUT2D eigenvalue weighted by molar-refractivity contribution is 5.47. The molecule has 24 heavy (non-hydrogen) atoms. The molecule has 0 bridgehead atoms. The highest BCUT2D eigenvalue weighted by Crippen LogP contribution is 2.35. The zero-order chi connectivity index (χ0) is 17.1. The van der Waals surface area contributed by atoms with E-state index in [1.165, 1.54) is 6.07 Å². The molecule has 0 spiro atoms. The number of nitro groups is 1. The average molecular weight is 328 g/mol. The maximum Gasteiger partial charge on any atom is 0.269 e. The van der Waals surface area contributed by atoms with Crippen molar-refractivity contribution in [2.24, 2.45) is 0 Å². The van der Waals surface area contributed by atoms with Crippen LogP contribution in [0.4, 0.5) is 5.69 Å². The molecule has 1 atom stereocenters. The second-order valence-corrected chi connectivity index (χ2v) is 5.88. The van der Waals surface area contributed by atoms with Crippen LogP contribution >= 0.6 is 0 Å². The minimum atomic E-state index is -0.366. The van der Waals surface area contributed by atoms with Crippen LogP contribution in [-0.2, 0) is 6.54 Å². The first-order valence-electron chi connectivity index (χ1n) is 7.88. The lowest BCUT2D eigenvalue weighted by atomic mass is 10.1. The van der Waals surface area contributed by atoms with Gasteiger partial charge in [-0.3, -0.25) is 15.0 Å². The minimum Gasteiger partial charge on any atom is -0.486 e. The Balaban J connectivity index is 1.79. The molecule has 1 aliphatic heterocycles. The Morgan fingerprint density at radius 3 is 2.75 bits per heavy atom. The molecule has 0 amide bonds. The lowest BCUT2D eigenvalue weighted by Gasteiger charge is -2.27. The molecule has 0 N–H and O–H groups in total. The number of hydrogen-bond donors (Lipinski definition) is 0. The van der Waals surface area contributed by atoms with Gasteiger partial charge in [0.2, 0.25) is 0 Å². The van der Waals surface area contributed by atoms with Gasteiger partial charge in [0, 0.05) is 30.3 Å². The summed E-state index contributed by atoms with van der Waals surface area (Å²) in [5.74, 6) is 1.57. The van der Waals surface area contributed by atoms with Gasteiger partial charge >= 0.3 is 0 Å². The summed E-state index contributed by atoms with van der Waals surface area (Å²) in [5.41, 5.74) is 2.07. The zero-order valence-electron chi connectivity index (χ0n) is 13.8.